The zero-order chi connectivity index (χ0) is 16.1. The minimum absolute atomic E-state index is 0.0791. The van der Waals surface area contributed by atoms with Gasteiger partial charge in [0.25, 0.3) is 10.0 Å². The SMILES string of the molecule is Cc1ccc(S(=O)(=O)n2c(=O)[nH]c3cc(N)ccc32)cc1C. The number of hydrogen-bond acceptors (Lipinski definition) is 4. The fraction of sp³-hybridized carbons (Fsp3) is 0.133. The number of nitrogens with zero attached hydrogens (tertiary/aromatic N) is 1. The zero-order valence-electron chi connectivity index (χ0n) is 12.1. The maximum atomic E-state index is 12.8. The number of fused-ring (bicyclic) bond motifs is 1. The van der Waals surface area contributed by atoms with Crippen LogP contribution in [0.25, 0.3) is 11.0 Å². The number of nitrogen functional groups attached to an aromatic ring is 1. The molecule has 0 aliphatic heterocycles. The van der Waals surface area contributed by atoms with Gasteiger partial charge in [0.2, 0.25) is 0 Å². The van der Waals surface area contributed by atoms with Crippen LogP contribution in [0.2, 0.25) is 0 Å². The van der Waals surface area contributed by atoms with Crippen LogP contribution in [0.15, 0.2) is 46.1 Å². The maximum absolute atomic E-state index is 12.8. The molecule has 0 spiro atoms. The largest absolute Gasteiger partial charge is 0.399 e. The number of aromatic amines is 1. The molecule has 0 unspecified atom stereocenters. The van der Waals surface area contributed by atoms with E-state index in [2.05, 4.69) is 4.98 Å². The van der Waals surface area contributed by atoms with Crippen molar-refractivity contribution in [3.63, 3.8) is 0 Å². The number of H-pyrrole nitrogens is 1. The van der Waals surface area contributed by atoms with Gasteiger partial charge < -0.3 is 10.7 Å². The van der Waals surface area contributed by atoms with E-state index in [1.54, 1.807) is 18.2 Å². The molecule has 0 amide bonds. The van der Waals surface area contributed by atoms with E-state index in [-0.39, 0.29) is 10.4 Å². The lowest BCUT2D eigenvalue weighted by atomic mass is 10.1. The highest BCUT2D eigenvalue weighted by Gasteiger charge is 2.23. The van der Waals surface area contributed by atoms with Crippen molar-refractivity contribution < 1.29 is 8.42 Å². The molecule has 3 aromatic rings. The van der Waals surface area contributed by atoms with Crippen molar-refractivity contribution in [2.75, 3.05) is 5.73 Å². The molecule has 1 heterocycles. The number of rotatable bonds is 2. The van der Waals surface area contributed by atoms with Gasteiger partial charge in [-0.25, -0.2) is 13.2 Å². The number of aryl methyl sites for hydroxylation is 2. The Labute approximate surface area is 127 Å². The summed E-state index contributed by atoms with van der Waals surface area (Å²) >= 11 is 0. The van der Waals surface area contributed by atoms with E-state index in [1.165, 1.54) is 18.2 Å². The summed E-state index contributed by atoms with van der Waals surface area (Å²) < 4.78 is 26.3. The van der Waals surface area contributed by atoms with Gasteiger partial charge in [-0.3, -0.25) is 0 Å². The third-order valence-electron chi connectivity index (χ3n) is 3.68. The Hall–Kier alpha value is -2.54. The van der Waals surface area contributed by atoms with Crippen molar-refractivity contribution in [3.8, 4) is 0 Å². The van der Waals surface area contributed by atoms with Gasteiger partial charge in [-0.1, -0.05) is 6.07 Å². The molecule has 0 radical (unpaired) electrons. The third-order valence-corrected chi connectivity index (χ3v) is 5.37. The molecule has 0 bridgehead atoms. The van der Waals surface area contributed by atoms with E-state index in [1.807, 2.05) is 13.8 Å². The van der Waals surface area contributed by atoms with Crippen molar-refractivity contribution >= 4 is 26.7 Å². The Balaban J connectivity index is 2.32. The van der Waals surface area contributed by atoms with Gasteiger partial charge in [-0.15, -0.1) is 0 Å². The Morgan fingerprint density at radius 1 is 1.05 bits per heavy atom. The summed E-state index contributed by atoms with van der Waals surface area (Å²) in [5.41, 5.74) is 7.89. The Bertz CT molecular complexity index is 1050. The normalized spacial score (nSPS) is 11.9. The van der Waals surface area contributed by atoms with Crippen LogP contribution in [-0.4, -0.2) is 17.4 Å². The van der Waals surface area contributed by atoms with E-state index in [0.717, 1.165) is 15.1 Å². The highest BCUT2D eigenvalue weighted by atomic mass is 32.2. The lowest BCUT2D eigenvalue weighted by Crippen LogP contribution is -2.25. The number of nitrogens with one attached hydrogen (secondary N) is 1. The lowest BCUT2D eigenvalue weighted by Gasteiger charge is -2.08. The quantitative estimate of drug-likeness (QED) is 0.704. The number of anilines is 1. The first-order valence-electron chi connectivity index (χ1n) is 6.64. The van der Waals surface area contributed by atoms with Crippen LogP contribution in [0.4, 0.5) is 5.69 Å². The molecule has 0 saturated heterocycles. The van der Waals surface area contributed by atoms with Gasteiger partial charge in [0, 0.05) is 5.69 Å². The smallest absolute Gasteiger partial charge is 0.340 e. The van der Waals surface area contributed by atoms with Gasteiger partial charge in [0.1, 0.15) is 0 Å². The fourth-order valence-electron chi connectivity index (χ4n) is 2.32. The van der Waals surface area contributed by atoms with Crippen LogP contribution in [0.3, 0.4) is 0 Å². The number of aromatic nitrogens is 2. The van der Waals surface area contributed by atoms with Gasteiger partial charge in [-0.2, -0.15) is 3.97 Å². The molecule has 0 fully saturated rings. The standard InChI is InChI=1S/C15H15N3O3S/c1-9-3-5-12(7-10(9)2)22(20,21)18-14-6-4-11(16)8-13(14)17-15(18)19/h3-8H,16H2,1-2H3,(H,17,19). The summed E-state index contributed by atoms with van der Waals surface area (Å²) in [6.45, 7) is 3.72. The molecule has 1 aromatic heterocycles. The van der Waals surface area contributed by atoms with Crippen LogP contribution >= 0.6 is 0 Å². The van der Waals surface area contributed by atoms with Gasteiger partial charge in [0.15, 0.2) is 0 Å². The summed E-state index contributed by atoms with van der Waals surface area (Å²) in [4.78, 5) is 14.7. The van der Waals surface area contributed by atoms with Gasteiger partial charge in [0.05, 0.1) is 15.9 Å². The van der Waals surface area contributed by atoms with Crippen LogP contribution in [-0.2, 0) is 10.0 Å². The summed E-state index contributed by atoms with van der Waals surface area (Å²) in [6, 6.07) is 9.39. The molecule has 0 aliphatic rings. The first-order valence-corrected chi connectivity index (χ1v) is 8.08. The molecule has 114 valence electrons. The predicted octanol–water partition coefficient (Wildman–Crippen LogP) is 1.77. The van der Waals surface area contributed by atoms with Crippen LogP contribution in [0.1, 0.15) is 11.1 Å². The maximum Gasteiger partial charge on any atom is 0.340 e. The van der Waals surface area contributed by atoms with Crippen molar-refractivity contribution in [1.82, 2.24) is 8.96 Å². The predicted molar refractivity (Wildman–Crippen MR) is 85.5 cm³/mol. The number of benzene rings is 2. The molecular formula is C15H15N3O3S. The summed E-state index contributed by atoms with van der Waals surface area (Å²) in [5.74, 6) is 0. The van der Waals surface area contributed by atoms with E-state index in [0.29, 0.717) is 11.2 Å². The van der Waals surface area contributed by atoms with E-state index < -0.39 is 15.7 Å². The van der Waals surface area contributed by atoms with Crippen molar-refractivity contribution in [2.45, 2.75) is 18.7 Å². The minimum atomic E-state index is -3.97. The Morgan fingerprint density at radius 2 is 1.77 bits per heavy atom. The van der Waals surface area contributed by atoms with Gasteiger partial charge in [-0.05, 0) is 55.3 Å². The Kier molecular flexibility index (Phi) is 3.10. The average molecular weight is 317 g/mol. The minimum Gasteiger partial charge on any atom is -0.399 e. The molecule has 3 N–H and O–H groups in total. The van der Waals surface area contributed by atoms with Crippen LogP contribution in [0.5, 0.6) is 0 Å². The van der Waals surface area contributed by atoms with E-state index in [9.17, 15) is 13.2 Å². The van der Waals surface area contributed by atoms with Gasteiger partial charge >= 0.3 is 5.69 Å². The fourth-order valence-corrected chi connectivity index (χ4v) is 3.78. The Morgan fingerprint density at radius 3 is 2.45 bits per heavy atom. The second-order valence-electron chi connectivity index (χ2n) is 5.22. The summed E-state index contributed by atoms with van der Waals surface area (Å²) in [6.07, 6.45) is 0. The molecular weight excluding hydrogens is 302 g/mol. The molecule has 0 atom stereocenters. The van der Waals surface area contributed by atoms with Crippen molar-refractivity contribution in [3.05, 3.63) is 58.0 Å². The van der Waals surface area contributed by atoms with Crippen molar-refractivity contribution in [2.24, 2.45) is 0 Å². The molecule has 0 aliphatic carbocycles. The van der Waals surface area contributed by atoms with E-state index >= 15 is 0 Å². The van der Waals surface area contributed by atoms with E-state index in [4.69, 9.17) is 5.73 Å². The second-order valence-corrected chi connectivity index (χ2v) is 7.01. The molecule has 3 rings (SSSR count). The molecule has 22 heavy (non-hydrogen) atoms. The average Bonchev–Trinajstić information content (AvgIpc) is 2.77. The number of hydrogen-bond donors (Lipinski definition) is 2. The molecule has 2 aromatic carbocycles. The number of imidazole rings is 1. The third kappa shape index (κ3) is 2.10. The molecule has 6 nitrogen and oxygen atoms in total. The highest BCUT2D eigenvalue weighted by molar-refractivity contribution is 7.90. The van der Waals surface area contributed by atoms with Crippen molar-refractivity contribution in [1.29, 1.82) is 0 Å². The summed E-state index contributed by atoms with van der Waals surface area (Å²) in [7, 11) is -3.97. The topological polar surface area (TPSA) is 98.0 Å². The second kappa shape index (κ2) is 4.74. The summed E-state index contributed by atoms with van der Waals surface area (Å²) in [5, 5.41) is 0. The number of nitrogens with two attached hydrogens (primary N) is 1. The van der Waals surface area contributed by atoms with Crippen LogP contribution < -0.4 is 11.4 Å². The first kappa shape index (κ1) is 14.4. The van der Waals surface area contributed by atoms with Crippen LogP contribution in [0, 0.1) is 13.8 Å². The lowest BCUT2D eigenvalue weighted by molar-refractivity contribution is 0.587. The molecule has 7 heteroatoms. The zero-order valence-corrected chi connectivity index (χ0v) is 12.9. The highest BCUT2D eigenvalue weighted by Crippen LogP contribution is 2.21. The molecule has 0 saturated carbocycles. The first-order chi connectivity index (χ1) is 10.3. The monoisotopic (exact) mass is 317 g/mol.